The molecule has 0 atom stereocenters. The molecule has 0 N–H and O–H groups in total. The van der Waals surface area contributed by atoms with Crippen molar-refractivity contribution in [2.45, 2.75) is 0 Å². The van der Waals surface area contributed by atoms with Crippen LogP contribution in [0.15, 0.2) is 158 Å². The average Bonchev–Trinajstić information content (AvgIpc) is 3.82. The van der Waals surface area contributed by atoms with Crippen molar-refractivity contribution < 1.29 is 0 Å². The molecule has 0 aliphatic rings. The number of benzene rings is 7. The summed E-state index contributed by atoms with van der Waals surface area (Å²) in [6.45, 7) is 0. The fraction of sp³-hybridized carbons (Fsp3) is 0. The summed E-state index contributed by atoms with van der Waals surface area (Å²) >= 11 is 1.85. The third-order valence-electron chi connectivity index (χ3n) is 9.95. The zero-order valence-corrected chi connectivity index (χ0v) is 27.0. The van der Waals surface area contributed by atoms with Crippen LogP contribution in [0.1, 0.15) is 0 Å². The molecular formula is C44H26N4S. The van der Waals surface area contributed by atoms with Crippen molar-refractivity contribution in [1.82, 2.24) is 19.1 Å². The molecule has 0 bridgehead atoms. The lowest BCUT2D eigenvalue weighted by Gasteiger charge is -2.10. The zero-order valence-electron chi connectivity index (χ0n) is 26.2. The predicted molar refractivity (Wildman–Crippen MR) is 207 cm³/mol. The van der Waals surface area contributed by atoms with E-state index >= 15 is 0 Å². The molecule has 228 valence electrons. The zero-order chi connectivity index (χ0) is 32.1. The van der Waals surface area contributed by atoms with Gasteiger partial charge in [0, 0.05) is 70.2 Å². The number of nitrogens with zero attached hydrogens (tertiary/aromatic N) is 4. The van der Waals surface area contributed by atoms with Crippen LogP contribution in [0.25, 0.3) is 97.4 Å². The summed E-state index contributed by atoms with van der Waals surface area (Å²) in [6, 6.07) is 54.6. The summed E-state index contributed by atoms with van der Waals surface area (Å²) in [5.74, 6) is 0.725. The van der Waals surface area contributed by atoms with Crippen LogP contribution in [0.2, 0.25) is 0 Å². The number of hydrogen-bond acceptors (Lipinski definition) is 3. The van der Waals surface area contributed by atoms with Gasteiger partial charge in [-0.1, -0.05) is 84.9 Å². The van der Waals surface area contributed by atoms with Crippen LogP contribution in [0.5, 0.6) is 0 Å². The molecule has 0 aliphatic carbocycles. The maximum absolute atomic E-state index is 4.98. The second-order valence-electron chi connectivity index (χ2n) is 12.6. The predicted octanol–water partition coefficient (Wildman–Crippen LogP) is 11.9. The summed E-state index contributed by atoms with van der Waals surface area (Å²) in [5.41, 5.74) is 8.93. The van der Waals surface area contributed by atoms with Crippen molar-refractivity contribution in [3.63, 3.8) is 0 Å². The largest absolute Gasteiger partial charge is 0.309 e. The minimum Gasteiger partial charge on any atom is -0.309 e. The third-order valence-corrected chi connectivity index (χ3v) is 11.1. The van der Waals surface area contributed by atoms with Crippen LogP contribution < -0.4 is 0 Å². The van der Waals surface area contributed by atoms with Gasteiger partial charge in [0.05, 0.1) is 27.6 Å². The first-order chi connectivity index (χ1) is 24.3. The van der Waals surface area contributed by atoms with Crippen LogP contribution in [0.4, 0.5) is 0 Å². The third kappa shape index (κ3) is 3.85. The van der Waals surface area contributed by atoms with Gasteiger partial charge >= 0.3 is 0 Å². The minimum atomic E-state index is 0.725. The first kappa shape index (κ1) is 26.7. The highest BCUT2D eigenvalue weighted by Crippen LogP contribution is 2.44. The van der Waals surface area contributed by atoms with Crippen LogP contribution in [0, 0.1) is 0 Å². The monoisotopic (exact) mass is 642 g/mol. The van der Waals surface area contributed by atoms with E-state index < -0.39 is 0 Å². The molecule has 0 radical (unpaired) electrons. The molecule has 7 aromatic carbocycles. The van der Waals surface area contributed by atoms with E-state index in [1.807, 2.05) is 29.7 Å². The lowest BCUT2D eigenvalue weighted by atomic mass is 10.0. The molecule has 4 heterocycles. The number of rotatable bonds is 3. The van der Waals surface area contributed by atoms with Gasteiger partial charge in [-0.25, -0.2) is 9.97 Å². The average molecular weight is 643 g/mol. The summed E-state index contributed by atoms with van der Waals surface area (Å²) in [7, 11) is 0. The van der Waals surface area contributed by atoms with Crippen molar-refractivity contribution in [1.29, 1.82) is 0 Å². The fourth-order valence-corrected chi connectivity index (χ4v) is 8.89. The fourth-order valence-electron chi connectivity index (χ4n) is 7.80. The molecule has 11 rings (SSSR count). The number of thiophene rings is 1. The van der Waals surface area contributed by atoms with Crippen molar-refractivity contribution >= 4 is 86.0 Å². The Morgan fingerprint density at radius 3 is 2.02 bits per heavy atom. The molecule has 0 amide bonds. The van der Waals surface area contributed by atoms with E-state index in [4.69, 9.17) is 9.97 Å². The Morgan fingerprint density at radius 1 is 0.449 bits per heavy atom. The second-order valence-corrected chi connectivity index (χ2v) is 13.7. The number of hydrogen-bond donors (Lipinski definition) is 0. The Morgan fingerprint density at radius 2 is 1.14 bits per heavy atom. The molecule has 0 saturated carbocycles. The van der Waals surface area contributed by atoms with Gasteiger partial charge < -0.3 is 9.13 Å². The summed E-state index contributed by atoms with van der Waals surface area (Å²) in [6.07, 6.45) is 1.93. The van der Waals surface area contributed by atoms with Crippen LogP contribution in [-0.4, -0.2) is 19.1 Å². The van der Waals surface area contributed by atoms with Crippen LogP contribution in [0.3, 0.4) is 0 Å². The molecular weight excluding hydrogens is 617 g/mol. The molecule has 4 aromatic heterocycles. The standard InChI is InChI=1S/C44H26N4S/c1-2-11-29(12-3-1)47-36-16-8-5-14-32(36)42-37(47)21-22-38-43(42)33-20-18-27(44-45-26-28-10-4-7-15-35(28)46-44)24-39(33)48(38)30-19-23-41-34(25-30)31-13-6-9-17-40(31)49-41/h1-26H. The molecule has 11 aromatic rings. The Hall–Kier alpha value is -6.30. The van der Waals surface area contributed by atoms with Gasteiger partial charge in [0.1, 0.15) is 0 Å². The molecule has 49 heavy (non-hydrogen) atoms. The Bertz CT molecular complexity index is 3110. The van der Waals surface area contributed by atoms with Gasteiger partial charge in [-0.2, -0.15) is 0 Å². The van der Waals surface area contributed by atoms with E-state index in [1.165, 1.54) is 58.3 Å². The van der Waals surface area contributed by atoms with Gasteiger partial charge in [-0.15, -0.1) is 11.3 Å². The van der Waals surface area contributed by atoms with E-state index in [1.54, 1.807) is 0 Å². The molecule has 4 nitrogen and oxygen atoms in total. The number of aromatic nitrogens is 4. The normalized spacial score (nSPS) is 12.1. The number of fused-ring (bicyclic) bond motifs is 11. The summed E-state index contributed by atoms with van der Waals surface area (Å²) in [4.78, 5) is 9.80. The van der Waals surface area contributed by atoms with Gasteiger partial charge in [0.25, 0.3) is 0 Å². The number of para-hydroxylation sites is 3. The van der Waals surface area contributed by atoms with Crippen molar-refractivity contribution in [2.24, 2.45) is 0 Å². The summed E-state index contributed by atoms with van der Waals surface area (Å²) in [5, 5.41) is 8.57. The minimum absolute atomic E-state index is 0.725. The van der Waals surface area contributed by atoms with E-state index in [0.717, 1.165) is 39.2 Å². The highest BCUT2D eigenvalue weighted by molar-refractivity contribution is 7.25. The van der Waals surface area contributed by atoms with E-state index in [0.29, 0.717) is 0 Å². The Labute approximate surface area is 284 Å². The lowest BCUT2D eigenvalue weighted by molar-refractivity contribution is 1.17. The smallest absolute Gasteiger partial charge is 0.159 e. The van der Waals surface area contributed by atoms with Crippen LogP contribution >= 0.6 is 11.3 Å². The highest BCUT2D eigenvalue weighted by Gasteiger charge is 2.21. The Balaban J connectivity index is 1.27. The molecule has 5 heteroatoms. The summed E-state index contributed by atoms with van der Waals surface area (Å²) < 4.78 is 7.44. The maximum Gasteiger partial charge on any atom is 0.159 e. The first-order valence-corrected chi connectivity index (χ1v) is 17.3. The molecule has 0 unspecified atom stereocenters. The SMILES string of the molecule is c1ccc(-n2c3ccccc3c3c4c5ccc(-c6ncc7ccccc7n6)cc5n(-c5ccc6sc7ccccc7c6c5)c4ccc32)cc1. The van der Waals surface area contributed by atoms with Crippen molar-refractivity contribution in [3.05, 3.63) is 158 Å². The highest BCUT2D eigenvalue weighted by atomic mass is 32.1. The van der Waals surface area contributed by atoms with Crippen LogP contribution in [-0.2, 0) is 0 Å². The first-order valence-electron chi connectivity index (χ1n) is 16.5. The van der Waals surface area contributed by atoms with E-state index in [-0.39, 0.29) is 0 Å². The molecule has 0 fully saturated rings. The lowest BCUT2D eigenvalue weighted by Crippen LogP contribution is -1.95. The molecule has 0 saturated heterocycles. The van der Waals surface area contributed by atoms with Gasteiger partial charge in [0.15, 0.2) is 5.82 Å². The quantitative estimate of drug-likeness (QED) is 0.192. The molecule has 0 spiro atoms. The Kier molecular flexibility index (Phi) is 5.51. The van der Waals surface area contributed by atoms with Crippen molar-refractivity contribution in [2.75, 3.05) is 0 Å². The van der Waals surface area contributed by atoms with E-state index in [9.17, 15) is 0 Å². The molecule has 0 aliphatic heterocycles. The maximum atomic E-state index is 4.98. The van der Waals surface area contributed by atoms with Gasteiger partial charge in [-0.05, 0) is 66.7 Å². The van der Waals surface area contributed by atoms with Gasteiger partial charge in [-0.3, -0.25) is 0 Å². The van der Waals surface area contributed by atoms with E-state index in [2.05, 4.69) is 149 Å². The topological polar surface area (TPSA) is 35.6 Å². The van der Waals surface area contributed by atoms with Gasteiger partial charge in [0.2, 0.25) is 0 Å². The van der Waals surface area contributed by atoms with Crippen molar-refractivity contribution in [3.8, 4) is 22.8 Å². The second kappa shape index (κ2) is 10.1.